The fourth-order valence-electron chi connectivity index (χ4n) is 2.75. The number of hydrogen-bond donors (Lipinski definition) is 2. The second-order valence-electron chi connectivity index (χ2n) is 6.08. The fraction of sp³-hybridized carbons (Fsp3) is 0.263. The van der Waals surface area contributed by atoms with Gasteiger partial charge in [-0.1, -0.05) is 30.3 Å². The maximum absolute atomic E-state index is 11.9. The van der Waals surface area contributed by atoms with Gasteiger partial charge in [-0.2, -0.15) is 0 Å². The number of urea groups is 1. The molecule has 0 bridgehead atoms. The summed E-state index contributed by atoms with van der Waals surface area (Å²) in [6, 6.07) is 12.8. The number of nitrogens with one attached hydrogen (secondary N) is 2. The Bertz CT molecular complexity index is 880. The van der Waals surface area contributed by atoms with E-state index in [2.05, 4.69) is 10.6 Å². The smallest absolute Gasteiger partial charge is 0.324 e. The highest BCUT2D eigenvalue weighted by Crippen LogP contribution is 2.18. The molecule has 0 spiro atoms. The minimum absolute atomic E-state index is 0.0142. The molecule has 2 aromatic carbocycles. The average molecular weight is 369 g/mol. The van der Waals surface area contributed by atoms with Gasteiger partial charge in [0.25, 0.3) is 5.91 Å². The first-order valence-corrected chi connectivity index (χ1v) is 8.55. The lowest BCUT2D eigenvalue weighted by molar-refractivity contribution is -0.147. The van der Waals surface area contributed by atoms with E-state index in [-0.39, 0.29) is 31.8 Å². The average Bonchev–Trinajstić information content (AvgIpc) is 2.98. The normalized spacial score (nSPS) is 13.6. The minimum Gasteiger partial charge on any atom is -0.456 e. The van der Waals surface area contributed by atoms with Gasteiger partial charge in [0.2, 0.25) is 5.91 Å². The molecule has 0 saturated carbocycles. The first kappa shape index (κ1) is 18.4. The van der Waals surface area contributed by atoms with E-state index < -0.39 is 24.5 Å². The standard InChI is InChI=1S/C19H19N3O5/c23-16(21-15-8-7-13-4-1-2-5-14(13)10-15)12-27-18(25)6-3-9-22-17(24)11-20-19(22)26/h1-2,4-5,7-8,10H,3,6,9,11-12H2,(H,20,26)(H,21,23). The first-order valence-electron chi connectivity index (χ1n) is 8.55. The van der Waals surface area contributed by atoms with Crippen molar-refractivity contribution in [3.8, 4) is 0 Å². The molecule has 140 valence electrons. The highest BCUT2D eigenvalue weighted by molar-refractivity contribution is 6.02. The number of fused-ring (bicyclic) bond motifs is 1. The molecule has 1 fully saturated rings. The number of nitrogens with zero attached hydrogens (tertiary/aromatic N) is 1. The van der Waals surface area contributed by atoms with Crippen LogP contribution in [0.2, 0.25) is 0 Å². The molecule has 2 aromatic rings. The van der Waals surface area contributed by atoms with Crippen molar-refractivity contribution in [2.75, 3.05) is 25.0 Å². The van der Waals surface area contributed by atoms with Crippen molar-refractivity contribution in [3.63, 3.8) is 0 Å². The number of anilines is 1. The van der Waals surface area contributed by atoms with Gasteiger partial charge in [-0.3, -0.25) is 19.3 Å². The molecule has 4 amide bonds. The van der Waals surface area contributed by atoms with Gasteiger partial charge in [0.1, 0.15) is 0 Å². The Morgan fingerprint density at radius 3 is 2.63 bits per heavy atom. The highest BCUT2D eigenvalue weighted by Gasteiger charge is 2.27. The second kappa shape index (κ2) is 8.31. The van der Waals surface area contributed by atoms with E-state index in [0.717, 1.165) is 15.7 Å². The predicted octanol–water partition coefficient (Wildman–Crippen LogP) is 1.65. The van der Waals surface area contributed by atoms with E-state index in [0.29, 0.717) is 5.69 Å². The molecular weight excluding hydrogens is 350 g/mol. The Labute approximate surface area is 155 Å². The van der Waals surface area contributed by atoms with Gasteiger partial charge in [0.15, 0.2) is 6.61 Å². The SMILES string of the molecule is O=C(COC(=O)CCCN1C(=O)CNC1=O)Nc1ccc2ccccc2c1. The molecule has 1 aliphatic heterocycles. The molecule has 0 unspecified atom stereocenters. The van der Waals surface area contributed by atoms with Crippen molar-refractivity contribution in [1.82, 2.24) is 10.2 Å². The number of ether oxygens (including phenoxy) is 1. The van der Waals surface area contributed by atoms with Crippen LogP contribution in [0.5, 0.6) is 0 Å². The molecule has 8 nitrogen and oxygen atoms in total. The Balaban J connectivity index is 1.39. The molecule has 8 heteroatoms. The van der Waals surface area contributed by atoms with Gasteiger partial charge >= 0.3 is 12.0 Å². The maximum Gasteiger partial charge on any atom is 0.324 e. The molecule has 3 rings (SSSR count). The third-order valence-corrected chi connectivity index (χ3v) is 4.10. The van der Waals surface area contributed by atoms with Crippen LogP contribution in [0.1, 0.15) is 12.8 Å². The Morgan fingerprint density at radius 1 is 1.11 bits per heavy atom. The van der Waals surface area contributed by atoms with Crippen molar-refractivity contribution < 1.29 is 23.9 Å². The summed E-state index contributed by atoms with van der Waals surface area (Å²) in [7, 11) is 0. The van der Waals surface area contributed by atoms with E-state index in [1.165, 1.54) is 0 Å². The van der Waals surface area contributed by atoms with Gasteiger partial charge in [0.05, 0.1) is 6.54 Å². The lowest BCUT2D eigenvalue weighted by Crippen LogP contribution is -2.32. The number of imide groups is 1. The van der Waals surface area contributed by atoms with Gasteiger partial charge in [0, 0.05) is 18.7 Å². The number of benzene rings is 2. The third kappa shape index (κ3) is 4.81. The van der Waals surface area contributed by atoms with Crippen LogP contribution in [0.3, 0.4) is 0 Å². The van der Waals surface area contributed by atoms with Crippen molar-refractivity contribution in [2.24, 2.45) is 0 Å². The van der Waals surface area contributed by atoms with Gasteiger partial charge in [-0.15, -0.1) is 0 Å². The van der Waals surface area contributed by atoms with Gasteiger partial charge in [-0.05, 0) is 29.3 Å². The largest absolute Gasteiger partial charge is 0.456 e. The molecular formula is C19H19N3O5. The van der Waals surface area contributed by atoms with Crippen LogP contribution in [0.4, 0.5) is 10.5 Å². The third-order valence-electron chi connectivity index (χ3n) is 4.10. The lowest BCUT2D eigenvalue weighted by atomic mass is 10.1. The zero-order valence-corrected chi connectivity index (χ0v) is 14.6. The predicted molar refractivity (Wildman–Crippen MR) is 97.9 cm³/mol. The summed E-state index contributed by atoms with van der Waals surface area (Å²) in [6.07, 6.45) is 0.296. The summed E-state index contributed by atoms with van der Waals surface area (Å²) in [6.45, 7) is -0.268. The molecule has 0 atom stereocenters. The van der Waals surface area contributed by atoms with Crippen molar-refractivity contribution in [2.45, 2.75) is 12.8 Å². The molecule has 0 aliphatic carbocycles. The van der Waals surface area contributed by atoms with Crippen LogP contribution in [-0.2, 0) is 19.1 Å². The topological polar surface area (TPSA) is 105 Å². The molecule has 0 aromatic heterocycles. The number of rotatable bonds is 7. The van der Waals surface area contributed by atoms with Crippen molar-refractivity contribution in [1.29, 1.82) is 0 Å². The molecule has 2 N–H and O–H groups in total. The van der Waals surface area contributed by atoms with E-state index in [9.17, 15) is 19.2 Å². The van der Waals surface area contributed by atoms with E-state index in [1.807, 2.05) is 36.4 Å². The summed E-state index contributed by atoms with van der Waals surface area (Å²) in [5.41, 5.74) is 0.619. The molecule has 0 radical (unpaired) electrons. The Morgan fingerprint density at radius 2 is 1.89 bits per heavy atom. The van der Waals surface area contributed by atoms with Gasteiger partial charge < -0.3 is 15.4 Å². The zero-order chi connectivity index (χ0) is 19.2. The Kier molecular flexibility index (Phi) is 5.65. The number of esters is 1. The zero-order valence-electron chi connectivity index (χ0n) is 14.6. The molecule has 1 saturated heterocycles. The van der Waals surface area contributed by atoms with Crippen molar-refractivity contribution >= 4 is 40.3 Å². The first-order chi connectivity index (χ1) is 13.0. The van der Waals surface area contributed by atoms with E-state index >= 15 is 0 Å². The van der Waals surface area contributed by atoms with E-state index in [1.54, 1.807) is 6.07 Å². The molecule has 1 heterocycles. The molecule has 1 aliphatic rings. The summed E-state index contributed by atoms with van der Waals surface area (Å²) in [5, 5.41) is 7.14. The second-order valence-corrected chi connectivity index (χ2v) is 6.08. The van der Waals surface area contributed by atoms with Crippen molar-refractivity contribution in [3.05, 3.63) is 42.5 Å². The van der Waals surface area contributed by atoms with Crippen LogP contribution >= 0.6 is 0 Å². The summed E-state index contributed by atoms with van der Waals surface area (Å²) >= 11 is 0. The Hall–Kier alpha value is -3.42. The van der Waals surface area contributed by atoms with Crippen LogP contribution in [-0.4, -0.2) is 48.4 Å². The van der Waals surface area contributed by atoms with E-state index in [4.69, 9.17) is 4.74 Å². The maximum atomic E-state index is 11.9. The van der Waals surface area contributed by atoms with Crippen LogP contribution in [0.25, 0.3) is 10.8 Å². The number of amides is 4. The monoisotopic (exact) mass is 369 g/mol. The minimum atomic E-state index is -0.560. The van der Waals surface area contributed by atoms with Crippen LogP contribution in [0.15, 0.2) is 42.5 Å². The fourth-order valence-corrected chi connectivity index (χ4v) is 2.75. The highest BCUT2D eigenvalue weighted by atomic mass is 16.5. The number of carbonyl (C=O) groups excluding carboxylic acids is 4. The lowest BCUT2D eigenvalue weighted by Gasteiger charge is -2.11. The van der Waals surface area contributed by atoms with Crippen LogP contribution < -0.4 is 10.6 Å². The van der Waals surface area contributed by atoms with Gasteiger partial charge in [-0.25, -0.2) is 4.79 Å². The summed E-state index contributed by atoms with van der Waals surface area (Å²) in [5.74, 6) is -1.31. The molecule has 27 heavy (non-hydrogen) atoms. The van der Waals surface area contributed by atoms with Crippen LogP contribution in [0, 0.1) is 0 Å². The number of hydrogen-bond acceptors (Lipinski definition) is 5. The number of carbonyl (C=O) groups is 4. The quantitative estimate of drug-likeness (QED) is 0.570. The summed E-state index contributed by atoms with van der Waals surface area (Å²) in [4.78, 5) is 47.4. The summed E-state index contributed by atoms with van der Waals surface area (Å²) < 4.78 is 4.93.